The van der Waals surface area contributed by atoms with Gasteiger partial charge in [-0.3, -0.25) is 4.79 Å². The summed E-state index contributed by atoms with van der Waals surface area (Å²) in [7, 11) is -3.85. The van der Waals surface area contributed by atoms with Gasteiger partial charge in [-0.25, -0.2) is 26.8 Å². The van der Waals surface area contributed by atoms with Crippen LogP contribution in [0.3, 0.4) is 0 Å². The number of carbonyl (C=O) groups is 3. The predicted molar refractivity (Wildman–Crippen MR) is 196 cm³/mol. The van der Waals surface area contributed by atoms with Gasteiger partial charge in [0.1, 0.15) is 23.8 Å². The van der Waals surface area contributed by atoms with Gasteiger partial charge in [0.05, 0.1) is 23.1 Å². The Labute approximate surface area is 317 Å². The highest BCUT2D eigenvalue weighted by Gasteiger charge is 2.38. The molecular formula is C36H50F5N3O8S2. The summed E-state index contributed by atoms with van der Waals surface area (Å²) in [4.78, 5) is 35.6. The third kappa shape index (κ3) is 16.9. The Kier molecular flexibility index (Phi) is 19.7. The second-order valence-electron chi connectivity index (χ2n) is 12.9. The minimum atomic E-state index is -5.08. The molecule has 11 nitrogen and oxygen atoms in total. The number of carboxylic acids is 1. The van der Waals surface area contributed by atoms with E-state index in [1.54, 1.807) is 11.8 Å². The largest absolute Gasteiger partial charge is 0.490 e. The van der Waals surface area contributed by atoms with E-state index in [0.717, 1.165) is 41.5 Å². The number of aliphatic carboxylic acids is 1. The van der Waals surface area contributed by atoms with Crippen LogP contribution in [0.2, 0.25) is 0 Å². The molecular weight excluding hydrogens is 762 g/mol. The Morgan fingerprint density at radius 3 is 2.11 bits per heavy atom. The average molecular weight is 812 g/mol. The van der Waals surface area contributed by atoms with Crippen molar-refractivity contribution in [2.24, 2.45) is 0 Å². The molecule has 54 heavy (non-hydrogen) atoms. The molecule has 0 aromatic heterocycles. The molecule has 2 aromatic rings. The van der Waals surface area contributed by atoms with Gasteiger partial charge in [0.15, 0.2) is 9.84 Å². The molecule has 5 N–H and O–H groups in total. The van der Waals surface area contributed by atoms with Crippen LogP contribution >= 0.6 is 11.8 Å². The monoisotopic (exact) mass is 811 g/mol. The average Bonchev–Trinajstić information content (AvgIpc) is 3.60. The van der Waals surface area contributed by atoms with Gasteiger partial charge in [0.25, 0.3) is 0 Å². The molecule has 1 fully saturated rings. The van der Waals surface area contributed by atoms with Crippen molar-refractivity contribution < 1.29 is 59.7 Å². The van der Waals surface area contributed by atoms with Crippen molar-refractivity contribution in [2.75, 3.05) is 23.8 Å². The lowest BCUT2D eigenvalue weighted by Crippen LogP contribution is -2.57. The van der Waals surface area contributed by atoms with Crippen molar-refractivity contribution in [2.45, 2.75) is 108 Å². The molecule has 0 aliphatic carbocycles. The standard InChI is InChI=1S/C34H49F2N3O6S2.C2HF3O2/c1-4-8-29(9-5-2)47(43,44)22-31(39-34(42)45-28-12-13-46-21-28)33(41)38-30(17-25-15-26(35)18-27(36)16-25)32(40)20-37-19-24-11-7-10-23(6-3)14-24;3-2(4,5)1(6)7/h7,10-11,14-16,18,28-32,37,40H,4-6,8-9,12-13,17,19-22H2,1-3H3,(H,38,41)(H,39,42);(H,6,7)/t28?,30-,31?,32+;/m0./s1. The number of sulfone groups is 1. The number of thioether (sulfide) groups is 1. The molecule has 3 rings (SSSR count). The summed E-state index contributed by atoms with van der Waals surface area (Å²) in [6.45, 7) is 6.24. The number of aryl methyl sites for hydroxylation is 1. The van der Waals surface area contributed by atoms with Crippen LogP contribution in [0.1, 0.15) is 69.6 Å². The first kappa shape index (κ1) is 46.7. The quantitative estimate of drug-likeness (QED) is 0.117. The molecule has 0 radical (unpaired) electrons. The number of aliphatic hydroxyl groups is 1. The zero-order chi connectivity index (χ0) is 40.5. The van der Waals surface area contributed by atoms with Crippen molar-refractivity contribution >= 4 is 39.6 Å². The molecule has 18 heteroatoms. The Hall–Kier alpha value is -3.48. The molecule has 0 saturated carbocycles. The fourth-order valence-corrected chi connectivity index (χ4v) is 8.90. The first-order chi connectivity index (χ1) is 25.4. The van der Waals surface area contributed by atoms with E-state index in [0.29, 0.717) is 44.4 Å². The molecule has 1 aliphatic rings. The second kappa shape index (κ2) is 22.8. The van der Waals surface area contributed by atoms with Crippen molar-refractivity contribution in [3.63, 3.8) is 0 Å². The van der Waals surface area contributed by atoms with Gasteiger partial charge >= 0.3 is 18.2 Å². The number of ether oxygens (including phenoxy) is 1. The normalized spacial score (nSPS) is 16.1. The van der Waals surface area contributed by atoms with Crippen LogP contribution in [0.4, 0.5) is 26.7 Å². The second-order valence-corrected chi connectivity index (χ2v) is 16.4. The van der Waals surface area contributed by atoms with Crippen molar-refractivity contribution in [3.8, 4) is 0 Å². The van der Waals surface area contributed by atoms with Crippen LogP contribution in [-0.4, -0.2) is 96.1 Å². The van der Waals surface area contributed by atoms with E-state index < -0.39 is 74.8 Å². The number of carbonyl (C=O) groups excluding carboxylic acids is 2. The highest BCUT2D eigenvalue weighted by molar-refractivity contribution is 7.99. The van der Waals surface area contributed by atoms with Crippen LogP contribution in [-0.2, 0) is 43.5 Å². The molecule has 4 atom stereocenters. The van der Waals surface area contributed by atoms with Gasteiger partial charge in [0.2, 0.25) is 5.91 Å². The van der Waals surface area contributed by atoms with E-state index in [9.17, 15) is 45.1 Å². The minimum Gasteiger partial charge on any atom is -0.475 e. The number of nitrogens with one attached hydrogen (secondary N) is 3. The number of aliphatic hydroxyl groups excluding tert-OH is 1. The molecule has 304 valence electrons. The number of carboxylic acid groups (broad SMARTS) is 1. The van der Waals surface area contributed by atoms with E-state index in [1.165, 1.54) is 0 Å². The van der Waals surface area contributed by atoms with Gasteiger partial charge in [0, 0.05) is 24.9 Å². The number of alkyl halides is 3. The van der Waals surface area contributed by atoms with Crippen LogP contribution in [0, 0.1) is 11.6 Å². The van der Waals surface area contributed by atoms with Crippen molar-refractivity contribution in [1.29, 1.82) is 0 Å². The molecule has 2 aromatic carbocycles. The Bertz CT molecular complexity index is 1580. The van der Waals surface area contributed by atoms with Gasteiger partial charge in [-0.1, -0.05) is 57.9 Å². The number of benzene rings is 2. The Morgan fingerprint density at radius 2 is 1.57 bits per heavy atom. The Morgan fingerprint density at radius 1 is 0.963 bits per heavy atom. The SMILES string of the molecule is CCCC(CCC)S(=O)(=O)CC(NC(=O)OC1CCSC1)C(=O)N[C@@H](Cc1cc(F)cc(F)c1)[C@H](O)CNCc1cccc(CC)c1.O=C(O)C(F)(F)F. The maximum atomic E-state index is 14.1. The summed E-state index contributed by atoms with van der Waals surface area (Å²) in [6.07, 6.45) is -4.15. The van der Waals surface area contributed by atoms with Crippen LogP contribution in [0.25, 0.3) is 0 Å². The fourth-order valence-electron chi connectivity index (χ4n) is 5.65. The topological polar surface area (TPSA) is 171 Å². The third-order valence-electron chi connectivity index (χ3n) is 8.39. The number of rotatable bonds is 19. The summed E-state index contributed by atoms with van der Waals surface area (Å²) in [5.41, 5.74) is 2.33. The lowest BCUT2D eigenvalue weighted by Gasteiger charge is -2.28. The van der Waals surface area contributed by atoms with Gasteiger partial charge in [-0.2, -0.15) is 24.9 Å². The summed E-state index contributed by atoms with van der Waals surface area (Å²) in [6, 6.07) is 8.26. The maximum absolute atomic E-state index is 14.1. The molecule has 2 unspecified atom stereocenters. The van der Waals surface area contributed by atoms with E-state index in [-0.39, 0.29) is 24.6 Å². The van der Waals surface area contributed by atoms with Crippen molar-refractivity contribution in [1.82, 2.24) is 16.0 Å². The maximum Gasteiger partial charge on any atom is 0.490 e. The molecule has 1 saturated heterocycles. The highest BCUT2D eigenvalue weighted by atomic mass is 32.2. The van der Waals surface area contributed by atoms with E-state index >= 15 is 0 Å². The predicted octanol–water partition coefficient (Wildman–Crippen LogP) is 5.32. The van der Waals surface area contributed by atoms with Crippen LogP contribution in [0.15, 0.2) is 42.5 Å². The number of alkyl carbamates (subject to hydrolysis) is 1. The van der Waals surface area contributed by atoms with Crippen LogP contribution in [0.5, 0.6) is 0 Å². The van der Waals surface area contributed by atoms with E-state index in [2.05, 4.69) is 16.0 Å². The molecule has 1 heterocycles. The number of halogens is 5. The van der Waals surface area contributed by atoms with Crippen LogP contribution < -0.4 is 16.0 Å². The van der Waals surface area contributed by atoms with Gasteiger partial charge in [-0.05, 0) is 66.7 Å². The first-order valence-electron chi connectivity index (χ1n) is 17.7. The lowest BCUT2D eigenvalue weighted by molar-refractivity contribution is -0.192. The smallest absolute Gasteiger partial charge is 0.475 e. The summed E-state index contributed by atoms with van der Waals surface area (Å²) >= 11 is 1.63. The third-order valence-corrected chi connectivity index (χ3v) is 11.8. The van der Waals surface area contributed by atoms with Crippen molar-refractivity contribution in [3.05, 3.63) is 70.8 Å². The van der Waals surface area contributed by atoms with E-state index in [1.807, 2.05) is 45.0 Å². The summed E-state index contributed by atoms with van der Waals surface area (Å²) in [5, 5.41) is 26.0. The van der Waals surface area contributed by atoms with Gasteiger partial charge in [-0.15, -0.1) is 0 Å². The molecule has 0 bridgehead atoms. The number of hydrogen-bond acceptors (Lipinski definition) is 9. The molecule has 1 aliphatic heterocycles. The zero-order valence-electron chi connectivity index (χ0n) is 30.5. The summed E-state index contributed by atoms with van der Waals surface area (Å²) < 4.78 is 92.5. The first-order valence-corrected chi connectivity index (χ1v) is 20.5. The number of amides is 2. The summed E-state index contributed by atoms with van der Waals surface area (Å²) in [5.74, 6) is -4.48. The zero-order valence-corrected chi connectivity index (χ0v) is 32.1. The van der Waals surface area contributed by atoms with Gasteiger partial charge < -0.3 is 30.9 Å². The Balaban J connectivity index is 0.00000131. The van der Waals surface area contributed by atoms with E-state index in [4.69, 9.17) is 14.6 Å². The molecule has 2 amide bonds. The fraction of sp³-hybridized carbons (Fsp3) is 0.583. The number of hydrogen-bond donors (Lipinski definition) is 5. The molecule has 0 spiro atoms. The lowest BCUT2D eigenvalue weighted by atomic mass is 10.00. The highest BCUT2D eigenvalue weighted by Crippen LogP contribution is 2.21. The minimum absolute atomic E-state index is 0.00591.